The molecular formula is C20H20Cl2N6O3S. The quantitative estimate of drug-likeness (QED) is 0.301. The van der Waals surface area contributed by atoms with Crippen molar-refractivity contribution in [3.05, 3.63) is 51.0 Å². The lowest BCUT2D eigenvalue weighted by Gasteiger charge is -2.26. The number of amides is 4. The number of allylic oxidation sites excluding steroid dienone is 5. The van der Waals surface area contributed by atoms with Gasteiger partial charge < -0.3 is 10.7 Å². The molecule has 4 amide bonds. The second kappa shape index (κ2) is 11.0. The molecule has 168 valence electrons. The lowest BCUT2D eigenvalue weighted by molar-refractivity contribution is -0.123. The predicted octanol–water partition coefficient (Wildman–Crippen LogP) is 3.91. The van der Waals surface area contributed by atoms with E-state index in [1.54, 1.807) is 24.5 Å². The summed E-state index contributed by atoms with van der Waals surface area (Å²) in [6.45, 7) is 5.28. The zero-order valence-electron chi connectivity index (χ0n) is 17.5. The number of amidine groups is 1. The largest absolute Gasteiger partial charge is 0.329 e. The van der Waals surface area contributed by atoms with Crippen LogP contribution in [0.15, 0.2) is 50.3 Å². The van der Waals surface area contributed by atoms with Gasteiger partial charge >= 0.3 is 6.03 Å². The van der Waals surface area contributed by atoms with E-state index in [9.17, 15) is 14.4 Å². The third kappa shape index (κ3) is 6.00. The number of rotatable bonds is 7. The lowest BCUT2D eigenvalue weighted by Crippen LogP contribution is -2.53. The van der Waals surface area contributed by atoms with Crippen LogP contribution in [-0.2, 0) is 9.59 Å². The minimum atomic E-state index is -0.655. The summed E-state index contributed by atoms with van der Waals surface area (Å²) < 4.78 is 0. The maximum Gasteiger partial charge on any atom is 0.329 e. The number of carbonyl (C=O) groups is 3. The van der Waals surface area contributed by atoms with Crippen molar-refractivity contribution in [2.75, 3.05) is 19.4 Å². The first-order valence-corrected chi connectivity index (χ1v) is 10.7. The lowest BCUT2D eigenvalue weighted by atomic mass is 10.0. The van der Waals surface area contributed by atoms with Gasteiger partial charge in [-0.05, 0) is 18.6 Å². The van der Waals surface area contributed by atoms with Crippen LogP contribution >= 0.6 is 34.5 Å². The molecule has 0 unspecified atom stereocenters. The van der Waals surface area contributed by atoms with Gasteiger partial charge in [0, 0.05) is 41.3 Å². The molecular weight excluding hydrogens is 475 g/mol. The van der Waals surface area contributed by atoms with Crippen LogP contribution in [0.4, 0.5) is 9.93 Å². The number of halogens is 2. The standard InChI is InChI=1S/C20H20Cl2N6O3S/c1-10(21)5-6-13(11(2)22)14-9-32-19(25-14)26-15(29)7-12(8-23)16-17(24-3)27-20(31)28(4)18(16)30/h5-6,8-9,23H,1,7H2,2-4H3,(H,24,27,31)(H,25,26,29)/b6-5-,13-11-,16-12+,23-8?. The highest BCUT2D eigenvalue weighted by molar-refractivity contribution is 7.14. The summed E-state index contributed by atoms with van der Waals surface area (Å²) in [7, 11) is 2.69. The molecule has 0 spiro atoms. The van der Waals surface area contributed by atoms with Gasteiger partial charge in [0.1, 0.15) is 5.84 Å². The van der Waals surface area contributed by atoms with Crippen LogP contribution in [0, 0.1) is 5.41 Å². The Hall–Kier alpha value is -3.08. The number of anilines is 1. The first-order valence-electron chi connectivity index (χ1n) is 9.03. The summed E-state index contributed by atoms with van der Waals surface area (Å²) in [6.07, 6.45) is 3.83. The molecule has 1 aromatic rings. The molecule has 1 aromatic heterocycles. The van der Waals surface area contributed by atoms with Gasteiger partial charge in [-0.3, -0.25) is 24.8 Å². The molecule has 1 aliphatic heterocycles. The number of nitrogens with one attached hydrogen (secondary N) is 3. The van der Waals surface area contributed by atoms with E-state index in [0.29, 0.717) is 26.5 Å². The number of hydrogen-bond donors (Lipinski definition) is 3. The summed E-state index contributed by atoms with van der Waals surface area (Å²) in [6, 6.07) is -0.645. The fraction of sp³-hybridized carbons (Fsp3) is 0.200. The summed E-state index contributed by atoms with van der Waals surface area (Å²) in [5.74, 6) is -1.16. The van der Waals surface area contributed by atoms with E-state index >= 15 is 0 Å². The van der Waals surface area contributed by atoms with Gasteiger partial charge in [0.2, 0.25) is 5.91 Å². The second-order valence-corrected chi connectivity index (χ2v) is 8.31. The minimum absolute atomic E-state index is 0.000896. The second-order valence-electron chi connectivity index (χ2n) is 6.40. The molecule has 9 nitrogen and oxygen atoms in total. The third-order valence-corrected chi connectivity index (χ3v) is 5.27. The van der Waals surface area contributed by atoms with Crippen molar-refractivity contribution in [1.29, 1.82) is 5.41 Å². The zero-order valence-corrected chi connectivity index (χ0v) is 19.8. The molecule has 0 bridgehead atoms. The van der Waals surface area contributed by atoms with E-state index in [1.165, 1.54) is 25.4 Å². The van der Waals surface area contributed by atoms with Crippen LogP contribution in [0.25, 0.3) is 5.57 Å². The minimum Gasteiger partial charge on any atom is -0.308 e. The number of urea groups is 1. The van der Waals surface area contributed by atoms with Crippen LogP contribution in [0.5, 0.6) is 0 Å². The average Bonchev–Trinajstić information content (AvgIpc) is 3.17. The molecule has 0 radical (unpaired) electrons. The number of likely N-dealkylation sites (N-methyl/N-ethyl adjacent to an activating group) is 1. The molecule has 12 heteroatoms. The summed E-state index contributed by atoms with van der Waals surface area (Å²) in [5.41, 5.74) is 1.22. The van der Waals surface area contributed by atoms with Crippen LogP contribution in [0.1, 0.15) is 19.0 Å². The normalized spacial score (nSPS) is 17.9. The van der Waals surface area contributed by atoms with Crippen LogP contribution < -0.4 is 10.6 Å². The van der Waals surface area contributed by atoms with Gasteiger partial charge in [0.15, 0.2) is 5.13 Å². The zero-order chi connectivity index (χ0) is 24.0. The molecule has 0 atom stereocenters. The fourth-order valence-electron chi connectivity index (χ4n) is 2.62. The number of thiazole rings is 1. The molecule has 1 saturated heterocycles. The predicted molar refractivity (Wildman–Crippen MR) is 128 cm³/mol. The molecule has 3 N–H and O–H groups in total. The first-order chi connectivity index (χ1) is 15.1. The van der Waals surface area contributed by atoms with Gasteiger partial charge in [-0.25, -0.2) is 9.78 Å². The average molecular weight is 495 g/mol. The fourth-order valence-corrected chi connectivity index (χ4v) is 3.57. The van der Waals surface area contributed by atoms with Gasteiger partial charge in [0.25, 0.3) is 5.91 Å². The molecule has 0 aromatic carbocycles. The van der Waals surface area contributed by atoms with Crippen molar-refractivity contribution in [3.63, 3.8) is 0 Å². The number of aliphatic imine (C=N–C) groups is 1. The Labute approximate surface area is 198 Å². The van der Waals surface area contributed by atoms with Gasteiger partial charge in [-0.2, -0.15) is 0 Å². The Bertz CT molecular complexity index is 1110. The smallest absolute Gasteiger partial charge is 0.308 e. The highest BCUT2D eigenvalue weighted by Crippen LogP contribution is 2.27. The Balaban J connectivity index is 2.25. The molecule has 2 rings (SSSR count). The van der Waals surface area contributed by atoms with Crippen molar-refractivity contribution in [3.8, 4) is 0 Å². The van der Waals surface area contributed by atoms with E-state index in [2.05, 4.69) is 27.2 Å². The Morgan fingerprint density at radius 3 is 2.66 bits per heavy atom. The van der Waals surface area contributed by atoms with Crippen LogP contribution in [0.3, 0.4) is 0 Å². The molecule has 32 heavy (non-hydrogen) atoms. The molecule has 1 fully saturated rings. The highest BCUT2D eigenvalue weighted by Gasteiger charge is 2.33. The van der Waals surface area contributed by atoms with Crippen molar-refractivity contribution in [2.45, 2.75) is 13.3 Å². The Morgan fingerprint density at radius 2 is 2.09 bits per heavy atom. The van der Waals surface area contributed by atoms with E-state index in [1.807, 2.05) is 0 Å². The summed E-state index contributed by atoms with van der Waals surface area (Å²) in [4.78, 5) is 46.0. The van der Waals surface area contributed by atoms with Gasteiger partial charge in [0.05, 0.1) is 17.7 Å². The topological polar surface area (TPSA) is 128 Å². The maximum absolute atomic E-state index is 12.6. The van der Waals surface area contributed by atoms with Crippen LogP contribution in [0.2, 0.25) is 0 Å². The van der Waals surface area contributed by atoms with E-state index in [-0.39, 0.29) is 23.4 Å². The van der Waals surface area contributed by atoms with Crippen LogP contribution in [-0.4, -0.2) is 53.9 Å². The molecule has 2 heterocycles. The maximum atomic E-state index is 12.6. The summed E-state index contributed by atoms with van der Waals surface area (Å²) >= 11 is 13.1. The van der Waals surface area contributed by atoms with E-state index in [0.717, 1.165) is 11.1 Å². The number of imide groups is 1. The highest BCUT2D eigenvalue weighted by atomic mass is 35.5. The molecule has 1 aliphatic rings. The number of carbonyl (C=O) groups excluding carboxylic acids is 3. The first kappa shape index (κ1) is 25.2. The SMILES string of the molecule is C=C(Cl)/C=C\C(=C(/C)Cl)c1csc(NC(=O)C/C(C=N)=C2\C(=O)N(C)C(=O)NC2=NC)n1. The van der Waals surface area contributed by atoms with Crippen molar-refractivity contribution >= 4 is 75.1 Å². The van der Waals surface area contributed by atoms with Crippen molar-refractivity contribution in [1.82, 2.24) is 15.2 Å². The van der Waals surface area contributed by atoms with Gasteiger partial charge in [-0.1, -0.05) is 35.9 Å². The number of hydrogen-bond acceptors (Lipinski definition) is 7. The number of nitrogens with zero attached hydrogens (tertiary/aromatic N) is 3. The van der Waals surface area contributed by atoms with E-state index < -0.39 is 17.8 Å². The third-order valence-electron chi connectivity index (χ3n) is 4.18. The van der Waals surface area contributed by atoms with Crippen molar-refractivity contribution < 1.29 is 14.4 Å². The van der Waals surface area contributed by atoms with E-state index in [4.69, 9.17) is 28.6 Å². The summed E-state index contributed by atoms with van der Waals surface area (Å²) in [5, 5.41) is 15.6. The van der Waals surface area contributed by atoms with Gasteiger partial charge in [-0.15, -0.1) is 11.3 Å². The molecule has 0 aliphatic carbocycles. The van der Waals surface area contributed by atoms with Crippen molar-refractivity contribution in [2.24, 2.45) is 4.99 Å². The number of aromatic nitrogens is 1. The monoisotopic (exact) mass is 494 g/mol. The molecule has 0 saturated carbocycles. The Morgan fingerprint density at radius 1 is 1.41 bits per heavy atom. The Kier molecular flexibility index (Phi) is 8.64.